The third kappa shape index (κ3) is 7.97. The highest BCUT2D eigenvalue weighted by Gasteiger charge is 2.02. The summed E-state index contributed by atoms with van der Waals surface area (Å²) in [4.78, 5) is 23.1. The molecule has 25 heavy (non-hydrogen) atoms. The fourth-order valence-corrected chi connectivity index (χ4v) is 2.20. The van der Waals surface area contributed by atoms with Gasteiger partial charge in [-0.3, -0.25) is 4.79 Å². The molecule has 0 unspecified atom stereocenters. The van der Waals surface area contributed by atoms with E-state index in [1.807, 2.05) is 60.7 Å². The van der Waals surface area contributed by atoms with Crippen LogP contribution in [-0.2, 0) is 31.9 Å². The number of esters is 2. The third-order valence-electron chi connectivity index (χ3n) is 3.51. The van der Waals surface area contributed by atoms with E-state index >= 15 is 0 Å². The largest absolute Gasteiger partial charge is 0.465 e. The van der Waals surface area contributed by atoms with Crippen molar-refractivity contribution in [1.29, 1.82) is 0 Å². The molecule has 2 aromatic rings. The summed E-state index contributed by atoms with van der Waals surface area (Å²) in [6.07, 6.45) is 4.14. The predicted molar refractivity (Wildman–Crippen MR) is 96.0 cm³/mol. The van der Waals surface area contributed by atoms with Crippen LogP contribution in [0, 0.1) is 0 Å². The van der Waals surface area contributed by atoms with Crippen LogP contribution < -0.4 is 0 Å². The lowest BCUT2D eigenvalue weighted by atomic mass is 10.2. The first-order valence-corrected chi connectivity index (χ1v) is 8.31. The molecule has 0 spiro atoms. The van der Waals surface area contributed by atoms with E-state index in [1.54, 1.807) is 0 Å². The van der Waals surface area contributed by atoms with Gasteiger partial charge in [-0.2, -0.15) is 0 Å². The standard InChI is InChI=1S/C21H22O4/c22-20(24-16-14-18-8-3-1-4-9-18)12-7-13-21(23)25-17-15-19-10-5-2-6-11-19/h1-12H,13-17H2. The third-order valence-corrected chi connectivity index (χ3v) is 3.51. The summed E-state index contributed by atoms with van der Waals surface area (Å²) in [5, 5.41) is 0. The molecule has 0 atom stereocenters. The maximum Gasteiger partial charge on any atom is 0.330 e. The maximum atomic E-state index is 11.6. The van der Waals surface area contributed by atoms with Crippen molar-refractivity contribution in [3.05, 3.63) is 83.9 Å². The van der Waals surface area contributed by atoms with Crippen LogP contribution in [0.3, 0.4) is 0 Å². The van der Waals surface area contributed by atoms with Crippen LogP contribution in [0.15, 0.2) is 72.8 Å². The minimum atomic E-state index is -0.451. The summed E-state index contributed by atoms with van der Waals surface area (Å²) < 4.78 is 10.2. The number of rotatable bonds is 9. The Labute approximate surface area is 148 Å². The van der Waals surface area contributed by atoms with Crippen LogP contribution in [0.1, 0.15) is 17.5 Å². The van der Waals surface area contributed by atoms with Gasteiger partial charge in [0.2, 0.25) is 0 Å². The molecule has 0 heterocycles. The first-order valence-electron chi connectivity index (χ1n) is 8.31. The number of carbonyl (C=O) groups is 2. The monoisotopic (exact) mass is 338 g/mol. The molecule has 0 saturated carbocycles. The summed E-state index contributed by atoms with van der Waals surface area (Å²) in [5.74, 6) is -0.808. The Kier molecular flexibility index (Phi) is 7.98. The van der Waals surface area contributed by atoms with Crippen molar-refractivity contribution < 1.29 is 19.1 Å². The zero-order valence-corrected chi connectivity index (χ0v) is 14.1. The highest BCUT2D eigenvalue weighted by Crippen LogP contribution is 2.01. The summed E-state index contributed by atoms with van der Waals surface area (Å²) in [7, 11) is 0. The van der Waals surface area contributed by atoms with Gasteiger partial charge in [0.15, 0.2) is 0 Å². The van der Waals surface area contributed by atoms with Gasteiger partial charge < -0.3 is 9.47 Å². The smallest absolute Gasteiger partial charge is 0.330 e. The molecule has 0 aliphatic heterocycles. The number of hydrogen-bond acceptors (Lipinski definition) is 4. The lowest BCUT2D eigenvalue weighted by Gasteiger charge is -2.03. The molecule has 0 aliphatic rings. The van der Waals surface area contributed by atoms with Crippen LogP contribution >= 0.6 is 0 Å². The van der Waals surface area contributed by atoms with E-state index in [0.717, 1.165) is 11.1 Å². The van der Waals surface area contributed by atoms with Crippen molar-refractivity contribution in [1.82, 2.24) is 0 Å². The van der Waals surface area contributed by atoms with E-state index in [4.69, 9.17) is 9.47 Å². The van der Waals surface area contributed by atoms with Crippen LogP contribution in [0.5, 0.6) is 0 Å². The van der Waals surface area contributed by atoms with Crippen molar-refractivity contribution in [3.8, 4) is 0 Å². The average Bonchev–Trinajstić information content (AvgIpc) is 2.63. The lowest BCUT2D eigenvalue weighted by molar-refractivity contribution is -0.142. The molecular weight excluding hydrogens is 316 g/mol. The summed E-state index contributed by atoms with van der Waals surface area (Å²) in [6, 6.07) is 19.6. The number of ether oxygens (including phenoxy) is 2. The SMILES string of the molecule is O=C(C=CCC(=O)OCCc1ccccc1)OCCc1ccccc1. The van der Waals surface area contributed by atoms with Crippen molar-refractivity contribution in [3.63, 3.8) is 0 Å². The fraction of sp³-hybridized carbons (Fsp3) is 0.238. The highest BCUT2D eigenvalue weighted by atomic mass is 16.5. The van der Waals surface area contributed by atoms with Gasteiger partial charge in [0.05, 0.1) is 19.6 Å². The molecule has 4 nitrogen and oxygen atoms in total. The van der Waals surface area contributed by atoms with E-state index in [1.165, 1.54) is 12.2 Å². The Balaban J connectivity index is 1.56. The zero-order chi connectivity index (χ0) is 17.7. The van der Waals surface area contributed by atoms with Crippen molar-refractivity contribution in [2.75, 3.05) is 13.2 Å². The van der Waals surface area contributed by atoms with E-state index in [0.29, 0.717) is 26.1 Å². The van der Waals surface area contributed by atoms with Crippen molar-refractivity contribution >= 4 is 11.9 Å². The minimum Gasteiger partial charge on any atom is -0.465 e. The minimum absolute atomic E-state index is 0.0581. The molecule has 0 aliphatic carbocycles. The molecule has 4 heteroatoms. The Bertz CT molecular complexity index is 678. The summed E-state index contributed by atoms with van der Waals surface area (Å²) in [6.45, 7) is 0.646. The van der Waals surface area contributed by atoms with Gasteiger partial charge >= 0.3 is 11.9 Å². The molecule has 130 valence electrons. The predicted octanol–water partition coefficient (Wildman–Crippen LogP) is 3.50. The molecule has 0 radical (unpaired) electrons. The molecule has 0 aromatic heterocycles. The van der Waals surface area contributed by atoms with Crippen LogP contribution in [0.4, 0.5) is 0 Å². The molecule has 0 saturated heterocycles. The molecule has 0 fully saturated rings. The Morgan fingerprint density at radius 2 is 1.28 bits per heavy atom. The molecular formula is C21H22O4. The normalized spacial score (nSPS) is 10.6. The molecule has 2 rings (SSSR count). The molecule has 0 N–H and O–H groups in total. The number of benzene rings is 2. The van der Waals surface area contributed by atoms with Gasteiger partial charge in [0, 0.05) is 18.9 Å². The van der Waals surface area contributed by atoms with Gasteiger partial charge in [0.25, 0.3) is 0 Å². The van der Waals surface area contributed by atoms with E-state index in [2.05, 4.69) is 0 Å². The quantitative estimate of drug-likeness (QED) is 0.519. The second-order valence-corrected chi connectivity index (χ2v) is 5.47. The zero-order valence-electron chi connectivity index (χ0n) is 14.1. The fourth-order valence-electron chi connectivity index (χ4n) is 2.20. The van der Waals surface area contributed by atoms with Crippen LogP contribution in [0.25, 0.3) is 0 Å². The van der Waals surface area contributed by atoms with Gasteiger partial charge in [-0.25, -0.2) is 4.79 Å². The van der Waals surface area contributed by atoms with Gasteiger partial charge in [-0.1, -0.05) is 66.7 Å². The molecule has 0 bridgehead atoms. The Hall–Kier alpha value is -2.88. The first kappa shape index (κ1) is 18.5. The maximum absolute atomic E-state index is 11.6. The van der Waals surface area contributed by atoms with E-state index < -0.39 is 5.97 Å². The van der Waals surface area contributed by atoms with Crippen LogP contribution in [0.2, 0.25) is 0 Å². The highest BCUT2D eigenvalue weighted by molar-refractivity contribution is 5.83. The molecule has 2 aromatic carbocycles. The van der Waals surface area contributed by atoms with E-state index in [-0.39, 0.29) is 12.4 Å². The first-order chi connectivity index (χ1) is 12.2. The second kappa shape index (κ2) is 10.8. The average molecular weight is 338 g/mol. The van der Waals surface area contributed by atoms with Crippen molar-refractivity contribution in [2.24, 2.45) is 0 Å². The topological polar surface area (TPSA) is 52.6 Å². The van der Waals surface area contributed by atoms with Crippen molar-refractivity contribution in [2.45, 2.75) is 19.3 Å². The summed E-state index contributed by atoms with van der Waals surface area (Å²) >= 11 is 0. The number of carbonyl (C=O) groups excluding carboxylic acids is 2. The van der Waals surface area contributed by atoms with Gasteiger partial charge in [-0.05, 0) is 11.1 Å². The Morgan fingerprint density at radius 1 is 0.760 bits per heavy atom. The Morgan fingerprint density at radius 3 is 1.84 bits per heavy atom. The molecule has 0 amide bonds. The second-order valence-electron chi connectivity index (χ2n) is 5.47. The van der Waals surface area contributed by atoms with Gasteiger partial charge in [-0.15, -0.1) is 0 Å². The van der Waals surface area contributed by atoms with Crippen LogP contribution in [-0.4, -0.2) is 25.2 Å². The lowest BCUT2D eigenvalue weighted by Crippen LogP contribution is -2.07. The van der Waals surface area contributed by atoms with E-state index in [9.17, 15) is 9.59 Å². The number of hydrogen-bond donors (Lipinski definition) is 0. The summed E-state index contributed by atoms with van der Waals surface area (Å²) in [5.41, 5.74) is 2.23. The van der Waals surface area contributed by atoms with Gasteiger partial charge in [0.1, 0.15) is 0 Å².